The van der Waals surface area contributed by atoms with Crippen LogP contribution in [0.25, 0.3) is 0 Å². The third-order valence-corrected chi connectivity index (χ3v) is 4.74. The molecular weight excluding hydrogens is 356 g/mol. The molecule has 0 radical (unpaired) electrons. The monoisotopic (exact) mass is 368 g/mol. The highest BCUT2D eigenvalue weighted by molar-refractivity contribution is 9.10. The number of nitrogens with zero attached hydrogens (tertiary/aromatic N) is 1. The first-order valence-corrected chi connectivity index (χ1v) is 8.70. The Balaban J connectivity index is 2.26. The zero-order valence-electron chi connectivity index (χ0n) is 11.4. The summed E-state index contributed by atoms with van der Waals surface area (Å²) < 4.78 is 23.8. The van der Waals surface area contributed by atoms with E-state index in [2.05, 4.69) is 26.2 Å². The molecule has 0 bridgehead atoms. The van der Waals surface area contributed by atoms with Crippen molar-refractivity contribution >= 4 is 37.5 Å². The Morgan fingerprint density at radius 1 is 1.24 bits per heavy atom. The number of amides is 1. The molecule has 5 nitrogen and oxygen atoms in total. The fraction of sp³-hybridized carbons (Fsp3) is 0.143. The fourth-order valence-electron chi connectivity index (χ4n) is 1.67. The molecule has 0 saturated heterocycles. The van der Waals surface area contributed by atoms with Gasteiger partial charge in [-0.05, 0) is 53.2 Å². The molecule has 0 aliphatic heterocycles. The first kappa shape index (κ1) is 15.7. The molecule has 2 aromatic rings. The smallest absolute Gasteiger partial charge is 0.256 e. The molecule has 0 aliphatic rings. The largest absolute Gasteiger partial charge is 0.307 e. The molecule has 0 atom stereocenters. The van der Waals surface area contributed by atoms with E-state index in [4.69, 9.17) is 0 Å². The van der Waals surface area contributed by atoms with Gasteiger partial charge < -0.3 is 5.32 Å². The number of sulfone groups is 1. The van der Waals surface area contributed by atoms with Crippen molar-refractivity contribution in [1.29, 1.82) is 0 Å². The van der Waals surface area contributed by atoms with E-state index in [1.807, 2.05) is 6.92 Å². The average Bonchev–Trinajstić information content (AvgIpc) is 2.42. The molecule has 21 heavy (non-hydrogen) atoms. The minimum absolute atomic E-state index is 0.107. The number of aromatic nitrogens is 1. The summed E-state index contributed by atoms with van der Waals surface area (Å²) >= 11 is 3.33. The molecule has 1 aromatic heterocycles. The molecule has 0 aliphatic carbocycles. The minimum atomic E-state index is -3.35. The van der Waals surface area contributed by atoms with Gasteiger partial charge in [0.25, 0.3) is 5.91 Å². The molecular formula is C14H13BrN2O3S. The van der Waals surface area contributed by atoms with Gasteiger partial charge in [0.15, 0.2) is 9.84 Å². The minimum Gasteiger partial charge on any atom is -0.307 e. The number of hydrogen-bond donors (Lipinski definition) is 1. The maximum absolute atomic E-state index is 12.1. The second-order valence-corrected chi connectivity index (χ2v) is 7.39. The normalized spacial score (nSPS) is 11.2. The number of benzene rings is 1. The number of hydrogen-bond acceptors (Lipinski definition) is 4. The Hall–Kier alpha value is -1.73. The standard InChI is InChI=1S/C14H13BrN2O3S/c1-9-12(15)6-7-13(16-9)17-14(18)10-4-3-5-11(8-10)21(2,19)20/h3-8H,1-2H3,(H,16,17,18). The van der Waals surface area contributed by atoms with Gasteiger partial charge in [0.1, 0.15) is 5.82 Å². The van der Waals surface area contributed by atoms with E-state index in [9.17, 15) is 13.2 Å². The number of rotatable bonds is 3. The van der Waals surface area contributed by atoms with Gasteiger partial charge in [-0.1, -0.05) is 6.07 Å². The van der Waals surface area contributed by atoms with Crippen molar-refractivity contribution in [1.82, 2.24) is 4.98 Å². The Kier molecular flexibility index (Phi) is 4.43. The Morgan fingerprint density at radius 2 is 1.95 bits per heavy atom. The summed E-state index contributed by atoms with van der Waals surface area (Å²) in [6, 6.07) is 9.33. The van der Waals surface area contributed by atoms with Crippen LogP contribution in [0.1, 0.15) is 16.1 Å². The summed E-state index contributed by atoms with van der Waals surface area (Å²) in [6.45, 7) is 1.81. The number of carbonyl (C=O) groups excluding carboxylic acids is 1. The molecule has 0 saturated carbocycles. The van der Waals surface area contributed by atoms with Crippen molar-refractivity contribution in [3.8, 4) is 0 Å². The maximum Gasteiger partial charge on any atom is 0.256 e. The van der Waals surface area contributed by atoms with Crippen LogP contribution in [0, 0.1) is 6.92 Å². The van der Waals surface area contributed by atoms with Gasteiger partial charge >= 0.3 is 0 Å². The summed E-state index contributed by atoms with van der Waals surface area (Å²) in [6.07, 6.45) is 1.10. The average molecular weight is 369 g/mol. The second kappa shape index (κ2) is 5.95. The Bertz CT molecular complexity index is 804. The van der Waals surface area contributed by atoms with Crippen molar-refractivity contribution < 1.29 is 13.2 Å². The Morgan fingerprint density at radius 3 is 2.57 bits per heavy atom. The molecule has 1 N–H and O–H groups in total. The molecule has 0 unspecified atom stereocenters. The van der Waals surface area contributed by atoms with E-state index in [1.54, 1.807) is 18.2 Å². The topological polar surface area (TPSA) is 76.1 Å². The highest BCUT2D eigenvalue weighted by Gasteiger charge is 2.12. The van der Waals surface area contributed by atoms with Gasteiger partial charge in [-0.15, -0.1) is 0 Å². The Labute approximate surface area is 131 Å². The number of nitrogens with one attached hydrogen (secondary N) is 1. The highest BCUT2D eigenvalue weighted by atomic mass is 79.9. The van der Waals surface area contributed by atoms with Crippen molar-refractivity contribution in [2.75, 3.05) is 11.6 Å². The molecule has 0 fully saturated rings. The predicted octanol–water partition coefficient (Wildman–Crippen LogP) is 2.81. The number of aryl methyl sites for hydroxylation is 1. The van der Waals surface area contributed by atoms with Crippen LogP contribution >= 0.6 is 15.9 Å². The third kappa shape index (κ3) is 3.89. The van der Waals surface area contributed by atoms with E-state index in [1.165, 1.54) is 18.2 Å². The van der Waals surface area contributed by atoms with Crippen molar-refractivity contribution in [3.05, 3.63) is 52.1 Å². The lowest BCUT2D eigenvalue weighted by Gasteiger charge is -2.07. The number of carbonyl (C=O) groups is 1. The van der Waals surface area contributed by atoms with Crippen LogP contribution in [0.4, 0.5) is 5.82 Å². The van der Waals surface area contributed by atoms with Crippen LogP contribution < -0.4 is 5.32 Å². The number of anilines is 1. The van der Waals surface area contributed by atoms with Gasteiger partial charge in [-0.3, -0.25) is 4.79 Å². The lowest BCUT2D eigenvalue weighted by atomic mass is 10.2. The van der Waals surface area contributed by atoms with Crippen LogP contribution in [0.15, 0.2) is 45.8 Å². The molecule has 1 amide bonds. The van der Waals surface area contributed by atoms with Gasteiger partial charge in [0.2, 0.25) is 0 Å². The van der Waals surface area contributed by atoms with E-state index >= 15 is 0 Å². The van der Waals surface area contributed by atoms with Gasteiger partial charge in [0, 0.05) is 16.3 Å². The lowest BCUT2D eigenvalue weighted by molar-refractivity contribution is 0.102. The number of pyridine rings is 1. The molecule has 7 heteroatoms. The summed E-state index contributed by atoms with van der Waals surface area (Å²) in [5.74, 6) is 0.000168. The van der Waals surface area contributed by atoms with Gasteiger partial charge in [-0.2, -0.15) is 0 Å². The maximum atomic E-state index is 12.1. The SMILES string of the molecule is Cc1nc(NC(=O)c2cccc(S(C)(=O)=O)c2)ccc1Br. The van der Waals surface area contributed by atoms with E-state index < -0.39 is 15.7 Å². The summed E-state index contributed by atoms with van der Waals surface area (Å²) in [5, 5.41) is 2.64. The molecule has 110 valence electrons. The van der Waals surface area contributed by atoms with Crippen molar-refractivity contribution in [3.63, 3.8) is 0 Å². The molecule has 2 rings (SSSR count). The quantitative estimate of drug-likeness (QED) is 0.903. The first-order valence-electron chi connectivity index (χ1n) is 6.02. The fourth-order valence-corrected chi connectivity index (χ4v) is 2.56. The van der Waals surface area contributed by atoms with E-state index in [0.717, 1.165) is 16.4 Å². The zero-order chi connectivity index (χ0) is 15.6. The van der Waals surface area contributed by atoms with Crippen LogP contribution in [-0.4, -0.2) is 25.6 Å². The first-order chi connectivity index (χ1) is 9.77. The van der Waals surface area contributed by atoms with Crippen LogP contribution in [-0.2, 0) is 9.84 Å². The van der Waals surface area contributed by atoms with E-state index in [-0.39, 0.29) is 10.5 Å². The molecule has 1 aromatic carbocycles. The highest BCUT2D eigenvalue weighted by Crippen LogP contribution is 2.17. The van der Waals surface area contributed by atoms with Crippen LogP contribution in [0.3, 0.4) is 0 Å². The summed E-state index contributed by atoms with van der Waals surface area (Å²) in [7, 11) is -3.35. The van der Waals surface area contributed by atoms with Gasteiger partial charge in [-0.25, -0.2) is 13.4 Å². The summed E-state index contributed by atoms with van der Waals surface area (Å²) in [4.78, 5) is 16.5. The summed E-state index contributed by atoms with van der Waals surface area (Å²) in [5.41, 5.74) is 1.01. The van der Waals surface area contributed by atoms with Crippen molar-refractivity contribution in [2.45, 2.75) is 11.8 Å². The third-order valence-electron chi connectivity index (χ3n) is 2.79. The van der Waals surface area contributed by atoms with Crippen molar-refractivity contribution in [2.24, 2.45) is 0 Å². The van der Waals surface area contributed by atoms with E-state index in [0.29, 0.717) is 5.82 Å². The van der Waals surface area contributed by atoms with Crippen LogP contribution in [0.5, 0.6) is 0 Å². The molecule has 1 heterocycles. The van der Waals surface area contributed by atoms with Crippen LogP contribution in [0.2, 0.25) is 0 Å². The number of halogens is 1. The molecule has 0 spiro atoms. The second-order valence-electron chi connectivity index (χ2n) is 4.52. The zero-order valence-corrected chi connectivity index (χ0v) is 13.8. The lowest BCUT2D eigenvalue weighted by Crippen LogP contribution is -2.14. The predicted molar refractivity (Wildman–Crippen MR) is 84.2 cm³/mol. The van der Waals surface area contributed by atoms with Gasteiger partial charge in [0.05, 0.1) is 10.6 Å².